The second-order valence-electron chi connectivity index (χ2n) is 6.51. The zero-order chi connectivity index (χ0) is 20.4. The van der Waals surface area contributed by atoms with Crippen molar-refractivity contribution in [2.75, 3.05) is 36.3 Å². The number of hydrogen-bond donors (Lipinski definition) is 2. The van der Waals surface area contributed by atoms with Gasteiger partial charge in [-0.15, -0.1) is 23.2 Å². The summed E-state index contributed by atoms with van der Waals surface area (Å²) in [4.78, 5) is 14.3. The van der Waals surface area contributed by atoms with E-state index in [9.17, 15) is 9.18 Å². The fourth-order valence-electron chi connectivity index (χ4n) is 2.88. The van der Waals surface area contributed by atoms with Crippen LogP contribution in [-0.4, -0.2) is 43.3 Å². The summed E-state index contributed by atoms with van der Waals surface area (Å²) in [5.41, 5.74) is 9.03. The molecule has 0 aromatic heterocycles. The summed E-state index contributed by atoms with van der Waals surface area (Å²) in [6.45, 7) is 1.91. The lowest BCUT2D eigenvalue weighted by Gasteiger charge is -2.23. The monoisotopic (exact) mass is 425 g/mol. The topological polar surface area (TPSA) is 58.4 Å². The highest BCUT2D eigenvalue weighted by Gasteiger charge is 2.14. The van der Waals surface area contributed by atoms with Crippen molar-refractivity contribution in [1.29, 1.82) is 0 Å². The van der Waals surface area contributed by atoms with Crippen molar-refractivity contribution >= 4 is 34.8 Å². The molecule has 0 spiro atoms. The number of halogens is 3. The minimum atomic E-state index is -0.624. The van der Waals surface area contributed by atoms with Gasteiger partial charge in [-0.25, -0.2) is 4.39 Å². The summed E-state index contributed by atoms with van der Waals surface area (Å²) in [6, 6.07) is 13.5. The summed E-state index contributed by atoms with van der Waals surface area (Å²) < 4.78 is 12.9. The SMILES string of the molecule is NC(Cc1ccc(N(CCCl)CCCl)cc1)C(=O)NCCc1ccc(F)cc1. The maximum absolute atomic E-state index is 12.9. The largest absolute Gasteiger partial charge is 0.369 e. The fourth-order valence-corrected chi connectivity index (χ4v) is 3.28. The quantitative estimate of drug-likeness (QED) is 0.542. The molecule has 152 valence electrons. The molecule has 2 aromatic carbocycles. The molecule has 1 amide bonds. The Morgan fingerprint density at radius 3 is 2.14 bits per heavy atom. The molecule has 1 unspecified atom stereocenters. The van der Waals surface area contributed by atoms with Gasteiger partial charge < -0.3 is 16.0 Å². The van der Waals surface area contributed by atoms with Crippen LogP contribution in [0.5, 0.6) is 0 Å². The van der Waals surface area contributed by atoms with Crippen LogP contribution >= 0.6 is 23.2 Å². The zero-order valence-electron chi connectivity index (χ0n) is 15.7. The predicted molar refractivity (Wildman–Crippen MR) is 115 cm³/mol. The summed E-state index contributed by atoms with van der Waals surface area (Å²) in [7, 11) is 0. The Hall–Kier alpha value is -1.82. The van der Waals surface area contributed by atoms with E-state index in [0.29, 0.717) is 31.1 Å². The lowest BCUT2D eigenvalue weighted by Crippen LogP contribution is -2.42. The molecule has 0 aliphatic rings. The number of nitrogens with zero attached hydrogens (tertiary/aromatic N) is 1. The minimum Gasteiger partial charge on any atom is -0.369 e. The molecular formula is C21H26Cl2FN3O. The van der Waals surface area contributed by atoms with Crippen molar-refractivity contribution in [2.45, 2.75) is 18.9 Å². The number of benzene rings is 2. The average molecular weight is 426 g/mol. The van der Waals surface area contributed by atoms with Gasteiger partial charge in [0.05, 0.1) is 6.04 Å². The molecule has 0 saturated heterocycles. The summed E-state index contributed by atoms with van der Waals surface area (Å²) in [6.07, 6.45) is 1.08. The Labute approximate surface area is 175 Å². The van der Waals surface area contributed by atoms with Crippen LogP contribution < -0.4 is 16.0 Å². The number of hydrogen-bond acceptors (Lipinski definition) is 3. The van der Waals surface area contributed by atoms with Crippen LogP contribution in [0.3, 0.4) is 0 Å². The van der Waals surface area contributed by atoms with E-state index < -0.39 is 6.04 Å². The van der Waals surface area contributed by atoms with Gasteiger partial charge in [-0.05, 0) is 48.2 Å². The van der Waals surface area contributed by atoms with Crippen LogP contribution in [-0.2, 0) is 17.6 Å². The highest BCUT2D eigenvalue weighted by atomic mass is 35.5. The van der Waals surface area contributed by atoms with Gasteiger partial charge in [0.2, 0.25) is 5.91 Å². The highest BCUT2D eigenvalue weighted by Crippen LogP contribution is 2.16. The van der Waals surface area contributed by atoms with E-state index in [2.05, 4.69) is 10.2 Å². The zero-order valence-corrected chi connectivity index (χ0v) is 17.2. The Bertz CT molecular complexity index is 719. The number of carbonyl (C=O) groups excluding carboxylic acids is 1. The number of nitrogens with one attached hydrogen (secondary N) is 1. The van der Waals surface area contributed by atoms with E-state index in [1.807, 2.05) is 24.3 Å². The van der Waals surface area contributed by atoms with Crippen LogP contribution in [0.1, 0.15) is 11.1 Å². The lowest BCUT2D eigenvalue weighted by atomic mass is 10.1. The molecule has 0 fully saturated rings. The molecule has 0 aliphatic heterocycles. The van der Waals surface area contributed by atoms with Crippen LogP contribution in [0.15, 0.2) is 48.5 Å². The van der Waals surface area contributed by atoms with Crippen molar-refractivity contribution in [2.24, 2.45) is 5.73 Å². The first kappa shape index (κ1) is 22.5. The number of anilines is 1. The number of alkyl halides is 2. The smallest absolute Gasteiger partial charge is 0.237 e. The molecule has 7 heteroatoms. The standard InChI is InChI=1S/C21H26Cl2FN3O/c22-10-13-27(14-11-23)19-7-3-17(4-8-19)15-20(25)21(28)26-12-9-16-1-5-18(24)6-2-16/h1-8,20H,9-15,25H2,(H,26,28). The molecule has 0 aliphatic carbocycles. The van der Waals surface area contributed by atoms with Crippen molar-refractivity contribution in [3.63, 3.8) is 0 Å². The first-order valence-electron chi connectivity index (χ1n) is 9.27. The van der Waals surface area contributed by atoms with Gasteiger partial charge in [0.1, 0.15) is 5.82 Å². The molecule has 2 aromatic rings. The van der Waals surface area contributed by atoms with Crippen molar-refractivity contribution < 1.29 is 9.18 Å². The second-order valence-corrected chi connectivity index (χ2v) is 7.27. The second kappa shape index (κ2) is 11.9. The van der Waals surface area contributed by atoms with Gasteiger partial charge in [-0.1, -0.05) is 24.3 Å². The van der Waals surface area contributed by atoms with E-state index in [-0.39, 0.29) is 11.7 Å². The normalized spacial score (nSPS) is 11.9. The van der Waals surface area contributed by atoms with E-state index in [0.717, 1.165) is 29.9 Å². The van der Waals surface area contributed by atoms with Gasteiger partial charge in [0.25, 0.3) is 0 Å². The number of amides is 1. The van der Waals surface area contributed by atoms with Gasteiger partial charge in [-0.2, -0.15) is 0 Å². The lowest BCUT2D eigenvalue weighted by molar-refractivity contribution is -0.122. The molecule has 28 heavy (non-hydrogen) atoms. The third-order valence-corrected chi connectivity index (χ3v) is 4.77. The van der Waals surface area contributed by atoms with Gasteiger partial charge in [0.15, 0.2) is 0 Å². The summed E-state index contributed by atoms with van der Waals surface area (Å²) >= 11 is 11.7. The number of rotatable bonds is 11. The van der Waals surface area contributed by atoms with Crippen molar-refractivity contribution in [3.05, 3.63) is 65.5 Å². The third kappa shape index (κ3) is 7.30. The van der Waals surface area contributed by atoms with E-state index in [1.54, 1.807) is 12.1 Å². The Kier molecular flexibility index (Phi) is 9.55. The fraction of sp³-hybridized carbons (Fsp3) is 0.381. The first-order valence-corrected chi connectivity index (χ1v) is 10.3. The van der Waals surface area contributed by atoms with E-state index in [1.165, 1.54) is 12.1 Å². The molecule has 0 heterocycles. The van der Waals surface area contributed by atoms with Crippen LogP contribution in [0, 0.1) is 5.82 Å². The molecule has 1 atom stereocenters. The van der Waals surface area contributed by atoms with E-state index >= 15 is 0 Å². The summed E-state index contributed by atoms with van der Waals surface area (Å²) in [5, 5.41) is 2.83. The highest BCUT2D eigenvalue weighted by molar-refractivity contribution is 6.18. The number of carbonyl (C=O) groups is 1. The maximum atomic E-state index is 12.9. The van der Waals surface area contributed by atoms with Gasteiger partial charge in [-0.3, -0.25) is 4.79 Å². The molecule has 3 N–H and O–H groups in total. The minimum absolute atomic E-state index is 0.197. The van der Waals surface area contributed by atoms with Crippen LogP contribution in [0.2, 0.25) is 0 Å². The Morgan fingerprint density at radius 2 is 1.57 bits per heavy atom. The molecule has 2 rings (SSSR count). The van der Waals surface area contributed by atoms with Crippen molar-refractivity contribution in [1.82, 2.24) is 5.32 Å². The molecule has 4 nitrogen and oxygen atoms in total. The molecule has 0 saturated carbocycles. The number of nitrogens with two attached hydrogens (primary N) is 1. The molecule has 0 radical (unpaired) electrons. The van der Waals surface area contributed by atoms with E-state index in [4.69, 9.17) is 28.9 Å². The summed E-state index contributed by atoms with van der Waals surface area (Å²) in [5.74, 6) is 0.592. The van der Waals surface area contributed by atoms with Crippen molar-refractivity contribution in [3.8, 4) is 0 Å². The average Bonchev–Trinajstić information content (AvgIpc) is 2.70. The van der Waals surface area contributed by atoms with Gasteiger partial charge >= 0.3 is 0 Å². The Balaban J connectivity index is 1.81. The Morgan fingerprint density at radius 1 is 1.00 bits per heavy atom. The molecule has 0 bridgehead atoms. The van der Waals surface area contributed by atoms with Crippen LogP contribution in [0.25, 0.3) is 0 Å². The maximum Gasteiger partial charge on any atom is 0.237 e. The predicted octanol–water partition coefficient (Wildman–Crippen LogP) is 3.34. The first-order chi connectivity index (χ1) is 13.5. The third-order valence-electron chi connectivity index (χ3n) is 4.43. The molecular weight excluding hydrogens is 400 g/mol. The van der Waals surface area contributed by atoms with Gasteiger partial charge in [0, 0.05) is 37.1 Å². The van der Waals surface area contributed by atoms with Crippen LogP contribution in [0.4, 0.5) is 10.1 Å².